The average molecular weight is 214 g/mol. The van der Waals surface area contributed by atoms with Crippen molar-refractivity contribution < 1.29 is 14.7 Å². The van der Waals surface area contributed by atoms with Crippen molar-refractivity contribution in [2.24, 2.45) is 5.92 Å². The standard InChI is InChI=1S/C10H18N2O3/c1-7(13)12-9(10(14)15)6-11-5-4-8-2-3-8/h8-9,11H,2-6H2,1H3,(H,12,13)(H,14,15). The van der Waals surface area contributed by atoms with Crippen molar-refractivity contribution in [2.75, 3.05) is 13.1 Å². The van der Waals surface area contributed by atoms with Crippen LogP contribution in [0.15, 0.2) is 0 Å². The molecule has 1 unspecified atom stereocenters. The number of carboxylic acid groups (broad SMARTS) is 1. The van der Waals surface area contributed by atoms with Crippen LogP contribution in [0.1, 0.15) is 26.2 Å². The number of carbonyl (C=O) groups excluding carboxylic acids is 1. The predicted molar refractivity (Wildman–Crippen MR) is 55.5 cm³/mol. The highest BCUT2D eigenvalue weighted by Gasteiger charge is 2.21. The zero-order valence-corrected chi connectivity index (χ0v) is 8.95. The van der Waals surface area contributed by atoms with Crippen LogP contribution >= 0.6 is 0 Å². The molecule has 1 rings (SSSR count). The molecular formula is C10H18N2O3. The Hall–Kier alpha value is -1.10. The van der Waals surface area contributed by atoms with Crippen molar-refractivity contribution in [3.05, 3.63) is 0 Å². The van der Waals surface area contributed by atoms with E-state index in [-0.39, 0.29) is 5.91 Å². The fourth-order valence-electron chi connectivity index (χ4n) is 1.40. The van der Waals surface area contributed by atoms with Gasteiger partial charge in [0.15, 0.2) is 0 Å². The second-order valence-electron chi connectivity index (χ2n) is 4.03. The van der Waals surface area contributed by atoms with E-state index < -0.39 is 12.0 Å². The molecule has 5 nitrogen and oxygen atoms in total. The molecule has 1 fully saturated rings. The SMILES string of the molecule is CC(=O)NC(CNCCC1CC1)C(=O)O. The highest BCUT2D eigenvalue weighted by molar-refractivity contribution is 5.82. The Labute approximate surface area is 89.2 Å². The van der Waals surface area contributed by atoms with E-state index in [0.29, 0.717) is 6.54 Å². The summed E-state index contributed by atoms with van der Waals surface area (Å²) in [6.07, 6.45) is 3.71. The number of aliphatic carboxylic acids is 1. The normalized spacial score (nSPS) is 17.1. The van der Waals surface area contributed by atoms with E-state index >= 15 is 0 Å². The molecule has 3 N–H and O–H groups in total. The van der Waals surface area contributed by atoms with Crippen LogP contribution in [-0.4, -0.2) is 36.1 Å². The van der Waals surface area contributed by atoms with Gasteiger partial charge < -0.3 is 15.7 Å². The predicted octanol–water partition coefficient (Wildman–Crippen LogP) is -0.0346. The van der Waals surface area contributed by atoms with E-state index in [9.17, 15) is 9.59 Å². The molecule has 0 radical (unpaired) electrons. The first-order valence-electron chi connectivity index (χ1n) is 5.30. The van der Waals surface area contributed by atoms with Crippen LogP contribution in [0.5, 0.6) is 0 Å². The fourth-order valence-corrected chi connectivity index (χ4v) is 1.40. The van der Waals surface area contributed by atoms with E-state index in [1.807, 2.05) is 0 Å². The van der Waals surface area contributed by atoms with Crippen LogP contribution in [0.2, 0.25) is 0 Å². The fraction of sp³-hybridized carbons (Fsp3) is 0.800. The lowest BCUT2D eigenvalue weighted by Crippen LogP contribution is -2.46. The highest BCUT2D eigenvalue weighted by Crippen LogP contribution is 2.31. The maximum Gasteiger partial charge on any atom is 0.327 e. The minimum atomic E-state index is -0.996. The van der Waals surface area contributed by atoms with Gasteiger partial charge in [-0.2, -0.15) is 0 Å². The van der Waals surface area contributed by atoms with Crippen LogP contribution in [0.4, 0.5) is 0 Å². The van der Waals surface area contributed by atoms with Gasteiger partial charge in [0.1, 0.15) is 6.04 Å². The van der Waals surface area contributed by atoms with Gasteiger partial charge in [0.25, 0.3) is 0 Å². The molecule has 0 bridgehead atoms. The van der Waals surface area contributed by atoms with Crippen LogP contribution < -0.4 is 10.6 Å². The summed E-state index contributed by atoms with van der Waals surface area (Å²) < 4.78 is 0. The van der Waals surface area contributed by atoms with Crippen LogP contribution in [0.3, 0.4) is 0 Å². The lowest BCUT2D eigenvalue weighted by Gasteiger charge is -2.13. The summed E-state index contributed by atoms with van der Waals surface area (Å²) in [6, 6.07) is -0.818. The molecular weight excluding hydrogens is 196 g/mol. The monoisotopic (exact) mass is 214 g/mol. The first-order valence-corrected chi connectivity index (χ1v) is 5.30. The number of hydrogen-bond donors (Lipinski definition) is 3. The van der Waals surface area contributed by atoms with Gasteiger partial charge in [0, 0.05) is 13.5 Å². The van der Waals surface area contributed by atoms with Gasteiger partial charge in [-0.25, -0.2) is 4.79 Å². The summed E-state index contributed by atoms with van der Waals surface area (Å²) in [7, 11) is 0. The number of carboxylic acids is 1. The maximum atomic E-state index is 10.7. The van der Waals surface area contributed by atoms with Gasteiger partial charge in [-0.15, -0.1) is 0 Å². The summed E-state index contributed by atoms with van der Waals surface area (Å²) in [6.45, 7) is 2.44. The third kappa shape index (κ3) is 5.37. The second-order valence-corrected chi connectivity index (χ2v) is 4.03. The van der Waals surface area contributed by atoms with Gasteiger partial charge in [0.2, 0.25) is 5.91 Å². The van der Waals surface area contributed by atoms with Gasteiger partial charge in [0.05, 0.1) is 0 Å². The van der Waals surface area contributed by atoms with Crippen molar-refractivity contribution in [2.45, 2.75) is 32.2 Å². The number of nitrogens with one attached hydrogen (secondary N) is 2. The van der Waals surface area contributed by atoms with Crippen LogP contribution in [-0.2, 0) is 9.59 Å². The molecule has 1 aliphatic carbocycles. The minimum absolute atomic E-state index is 0.293. The Morgan fingerprint density at radius 1 is 1.47 bits per heavy atom. The van der Waals surface area contributed by atoms with Gasteiger partial charge in [-0.1, -0.05) is 12.8 Å². The van der Waals surface area contributed by atoms with E-state index in [1.165, 1.54) is 19.8 Å². The van der Waals surface area contributed by atoms with E-state index in [2.05, 4.69) is 10.6 Å². The summed E-state index contributed by atoms with van der Waals surface area (Å²) in [5.41, 5.74) is 0. The summed E-state index contributed by atoms with van der Waals surface area (Å²) in [4.78, 5) is 21.4. The molecule has 1 amide bonds. The summed E-state index contributed by atoms with van der Waals surface area (Å²) >= 11 is 0. The minimum Gasteiger partial charge on any atom is -0.480 e. The zero-order valence-electron chi connectivity index (χ0n) is 8.95. The lowest BCUT2D eigenvalue weighted by atomic mass is 10.2. The lowest BCUT2D eigenvalue weighted by molar-refractivity contribution is -0.141. The zero-order chi connectivity index (χ0) is 11.3. The van der Waals surface area contributed by atoms with Crippen LogP contribution in [0.25, 0.3) is 0 Å². The summed E-state index contributed by atoms with van der Waals surface area (Å²) in [5, 5.41) is 14.2. The molecule has 0 spiro atoms. The van der Waals surface area contributed by atoms with Gasteiger partial charge in [-0.05, 0) is 18.9 Å². The molecule has 1 atom stereocenters. The van der Waals surface area contributed by atoms with E-state index in [0.717, 1.165) is 18.9 Å². The quantitative estimate of drug-likeness (QED) is 0.520. The number of rotatable bonds is 7. The Balaban J connectivity index is 2.12. The van der Waals surface area contributed by atoms with E-state index in [4.69, 9.17) is 5.11 Å². The Kier molecular flexibility index (Phi) is 4.55. The molecule has 15 heavy (non-hydrogen) atoms. The van der Waals surface area contributed by atoms with Gasteiger partial charge in [-0.3, -0.25) is 4.79 Å². The van der Waals surface area contributed by atoms with Gasteiger partial charge >= 0.3 is 5.97 Å². The summed E-state index contributed by atoms with van der Waals surface area (Å²) in [5.74, 6) is -0.475. The molecule has 0 aromatic heterocycles. The first kappa shape index (κ1) is 12.0. The topological polar surface area (TPSA) is 78.4 Å². The molecule has 1 saturated carbocycles. The highest BCUT2D eigenvalue weighted by atomic mass is 16.4. The Morgan fingerprint density at radius 2 is 2.13 bits per heavy atom. The number of carbonyl (C=O) groups is 2. The molecule has 0 heterocycles. The van der Waals surface area contributed by atoms with Crippen molar-refractivity contribution in [3.8, 4) is 0 Å². The van der Waals surface area contributed by atoms with Crippen molar-refractivity contribution in [3.63, 3.8) is 0 Å². The average Bonchev–Trinajstić information content (AvgIpc) is 2.93. The molecule has 5 heteroatoms. The third-order valence-electron chi connectivity index (χ3n) is 2.45. The molecule has 1 aliphatic rings. The Bertz CT molecular complexity index is 239. The number of amides is 1. The second kappa shape index (κ2) is 5.70. The maximum absolute atomic E-state index is 10.7. The molecule has 0 saturated heterocycles. The third-order valence-corrected chi connectivity index (χ3v) is 2.45. The molecule has 86 valence electrons. The van der Waals surface area contributed by atoms with Crippen molar-refractivity contribution in [1.82, 2.24) is 10.6 Å². The molecule has 0 aromatic carbocycles. The molecule has 0 aliphatic heterocycles. The first-order chi connectivity index (χ1) is 7.09. The van der Waals surface area contributed by atoms with Crippen LogP contribution in [0, 0.1) is 5.92 Å². The smallest absolute Gasteiger partial charge is 0.327 e. The number of hydrogen-bond acceptors (Lipinski definition) is 3. The van der Waals surface area contributed by atoms with Crippen molar-refractivity contribution >= 4 is 11.9 Å². The largest absolute Gasteiger partial charge is 0.480 e. The Morgan fingerprint density at radius 3 is 2.60 bits per heavy atom. The van der Waals surface area contributed by atoms with E-state index in [1.54, 1.807) is 0 Å². The molecule has 0 aromatic rings. The van der Waals surface area contributed by atoms with Crippen molar-refractivity contribution in [1.29, 1.82) is 0 Å².